The molecule has 4 aromatic heterocycles. The molecule has 0 saturated carbocycles. The van der Waals surface area contributed by atoms with Crippen molar-refractivity contribution in [2.75, 3.05) is 0 Å². The maximum atomic E-state index is 13.5. The van der Waals surface area contributed by atoms with Gasteiger partial charge in [0.25, 0.3) is 0 Å². The number of nitrogens with one attached hydrogen (secondary N) is 3. The molecule has 1 aliphatic heterocycles. The van der Waals surface area contributed by atoms with Gasteiger partial charge < -0.3 is 9.51 Å². The third kappa shape index (κ3) is 3.46. The number of aryl methyl sites for hydroxylation is 2. The molecule has 3 N–H and O–H groups in total. The lowest BCUT2D eigenvalue weighted by molar-refractivity contribution is 0.317. The van der Waals surface area contributed by atoms with Crippen LogP contribution >= 0.6 is 11.6 Å². The molecule has 0 saturated heterocycles. The number of fused-ring (bicyclic) bond motifs is 3. The molecule has 0 spiro atoms. The van der Waals surface area contributed by atoms with Crippen LogP contribution in [0.1, 0.15) is 40.4 Å². The molecule has 12 heteroatoms. The minimum absolute atomic E-state index is 0.319. The largest absolute Gasteiger partial charge is 0.356 e. The Kier molecular flexibility index (Phi) is 5.00. The summed E-state index contributed by atoms with van der Waals surface area (Å²) in [6.07, 6.45) is 4.29. The molecule has 7 rings (SSSR count). The summed E-state index contributed by atoms with van der Waals surface area (Å²) in [5.74, 6) is 1.63. The lowest BCUT2D eigenvalue weighted by Gasteiger charge is -2.39. The maximum absolute atomic E-state index is 13.5. The first-order valence-electron chi connectivity index (χ1n) is 12.0. The van der Waals surface area contributed by atoms with Crippen LogP contribution in [0.25, 0.3) is 22.3 Å². The van der Waals surface area contributed by atoms with E-state index in [-0.39, 0.29) is 11.9 Å². The van der Waals surface area contributed by atoms with Crippen LogP contribution in [0.15, 0.2) is 59.4 Å². The van der Waals surface area contributed by atoms with Gasteiger partial charge in [0.1, 0.15) is 11.6 Å². The number of aromatic nitrogens is 8. The van der Waals surface area contributed by atoms with E-state index in [4.69, 9.17) is 21.1 Å². The van der Waals surface area contributed by atoms with Crippen LogP contribution < -0.4 is 5.32 Å². The second-order valence-corrected chi connectivity index (χ2v) is 9.85. The summed E-state index contributed by atoms with van der Waals surface area (Å²) >= 11 is 6.43. The Hall–Kier alpha value is -4.35. The first-order valence-corrected chi connectivity index (χ1v) is 12.3. The van der Waals surface area contributed by atoms with Crippen LogP contribution in [0.5, 0.6) is 0 Å². The zero-order valence-corrected chi connectivity index (χ0v) is 21.1. The quantitative estimate of drug-likeness (QED) is 0.310. The highest BCUT2D eigenvalue weighted by molar-refractivity contribution is 6.31. The maximum Gasteiger partial charge on any atom is 0.223 e. The van der Waals surface area contributed by atoms with E-state index in [0.717, 1.165) is 27.7 Å². The van der Waals surface area contributed by atoms with Gasteiger partial charge >= 0.3 is 0 Å². The Balaban J connectivity index is 1.45. The molecule has 0 radical (unpaired) electrons. The van der Waals surface area contributed by atoms with Gasteiger partial charge in [-0.15, -0.1) is 0 Å². The Morgan fingerprint density at radius 3 is 2.74 bits per heavy atom. The van der Waals surface area contributed by atoms with Crippen molar-refractivity contribution >= 4 is 22.5 Å². The fourth-order valence-corrected chi connectivity index (χ4v) is 5.44. The summed E-state index contributed by atoms with van der Waals surface area (Å²) in [5.41, 5.74) is 3.33. The van der Waals surface area contributed by atoms with Crippen LogP contribution in [0.2, 0.25) is 5.02 Å². The van der Waals surface area contributed by atoms with Crippen LogP contribution in [0, 0.1) is 12.7 Å². The second-order valence-electron chi connectivity index (χ2n) is 9.41. The zero-order chi connectivity index (χ0) is 26.0. The average Bonchev–Trinajstić information content (AvgIpc) is 3.71. The van der Waals surface area contributed by atoms with Crippen molar-refractivity contribution in [1.82, 2.24) is 45.4 Å². The molecule has 0 bridgehead atoms. The third-order valence-electron chi connectivity index (χ3n) is 6.98. The standard InChI is InChI=1S/C26H21ClFN9O/c1-13-30-25(36-38-13)26(15-11-29-37(2)12-15)22-19(18-9-16(27)5-8-20(18)31-22)10-21(33-26)24-32-23(34-35-24)14-3-6-17(28)7-4-14/h3-9,11-12,21,31,33H,10H2,1-2H3,(H,32,34,35)/t21-,26-/m1/s1. The molecular formula is C26H21ClFN9O. The van der Waals surface area contributed by atoms with Crippen molar-refractivity contribution in [3.05, 3.63) is 100 Å². The SMILES string of the molecule is Cc1nc([C@]2(c3cnn(C)c3)N[C@@H](c3nc(-c4ccc(F)cc4)n[nH]3)Cc3c2[nH]c2ccc(Cl)cc32)no1. The highest BCUT2D eigenvalue weighted by atomic mass is 35.5. The number of hydrogen-bond donors (Lipinski definition) is 3. The Labute approximate surface area is 220 Å². The van der Waals surface area contributed by atoms with E-state index in [1.54, 1.807) is 29.9 Å². The smallest absolute Gasteiger partial charge is 0.223 e. The summed E-state index contributed by atoms with van der Waals surface area (Å²) < 4.78 is 20.7. The van der Waals surface area contributed by atoms with Crippen molar-refractivity contribution < 1.29 is 8.91 Å². The van der Waals surface area contributed by atoms with Gasteiger partial charge in [0, 0.05) is 47.2 Å². The van der Waals surface area contributed by atoms with E-state index in [1.807, 2.05) is 31.4 Å². The van der Waals surface area contributed by atoms with E-state index in [1.165, 1.54) is 12.1 Å². The number of H-pyrrole nitrogens is 2. The lowest BCUT2D eigenvalue weighted by atomic mass is 9.79. The van der Waals surface area contributed by atoms with Crippen molar-refractivity contribution in [1.29, 1.82) is 0 Å². The van der Waals surface area contributed by atoms with Gasteiger partial charge in [-0.1, -0.05) is 16.8 Å². The highest BCUT2D eigenvalue weighted by Gasteiger charge is 2.50. The molecule has 0 amide bonds. The van der Waals surface area contributed by atoms with E-state index in [9.17, 15) is 4.39 Å². The van der Waals surface area contributed by atoms with Gasteiger partial charge in [0.05, 0.1) is 17.9 Å². The van der Waals surface area contributed by atoms with Gasteiger partial charge in [-0.3, -0.25) is 15.1 Å². The van der Waals surface area contributed by atoms with Crippen molar-refractivity contribution in [3.63, 3.8) is 0 Å². The van der Waals surface area contributed by atoms with E-state index < -0.39 is 5.54 Å². The highest BCUT2D eigenvalue weighted by Crippen LogP contribution is 2.45. The number of rotatable bonds is 4. The van der Waals surface area contributed by atoms with Gasteiger partial charge in [0.2, 0.25) is 11.7 Å². The summed E-state index contributed by atoms with van der Waals surface area (Å²) in [6, 6.07) is 11.5. The van der Waals surface area contributed by atoms with Crippen LogP contribution in [0.3, 0.4) is 0 Å². The molecule has 38 heavy (non-hydrogen) atoms. The van der Waals surface area contributed by atoms with Crippen LogP contribution in [-0.4, -0.2) is 40.1 Å². The van der Waals surface area contributed by atoms with Gasteiger partial charge in [0.15, 0.2) is 11.4 Å². The Morgan fingerprint density at radius 1 is 1.16 bits per heavy atom. The topological polar surface area (TPSA) is 126 Å². The van der Waals surface area contributed by atoms with Gasteiger partial charge in [-0.05, 0) is 54.4 Å². The van der Waals surface area contributed by atoms with Crippen molar-refractivity contribution in [3.8, 4) is 11.4 Å². The predicted molar refractivity (Wildman–Crippen MR) is 137 cm³/mol. The minimum Gasteiger partial charge on any atom is -0.356 e. The van der Waals surface area contributed by atoms with Gasteiger partial charge in [-0.2, -0.15) is 15.2 Å². The Morgan fingerprint density at radius 2 is 2.00 bits per heavy atom. The lowest BCUT2D eigenvalue weighted by Crippen LogP contribution is -2.51. The number of aromatic amines is 2. The van der Waals surface area contributed by atoms with Crippen LogP contribution in [-0.2, 0) is 19.0 Å². The molecular weight excluding hydrogens is 509 g/mol. The number of halogens is 2. The van der Waals surface area contributed by atoms with Crippen molar-refractivity contribution in [2.45, 2.75) is 24.9 Å². The summed E-state index contributed by atoms with van der Waals surface area (Å²) in [6.45, 7) is 1.76. The fraction of sp³-hybridized carbons (Fsp3) is 0.192. The first-order chi connectivity index (χ1) is 18.4. The first kappa shape index (κ1) is 22.8. The molecule has 0 fully saturated rings. The zero-order valence-electron chi connectivity index (χ0n) is 20.3. The van der Waals surface area contributed by atoms with E-state index >= 15 is 0 Å². The molecule has 190 valence electrons. The molecule has 2 atom stereocenters. The summed E-state index contributed by atoms with van der Waals surface area (Å²) in [4.78, 5) is 13.0. The molecule has 1 aliphatic rings. The summed E-state index contributed by atoms with van der Waals surface area (Å²) in [7, 11) is 1.86. The Bertz CT molecular complexity index is 1760. The molecule has 5 heterocycles. The normalized spacial score (nSPS) is 19.2. The molecule has 6 aromatic rings. The van der Waals surface area contributed by atoms with Crippen LogP contribution in [0.4, 0.5) is 4.39 Å². The van der Waals surface area contributed by atoms with E-state index in [0.29, 0.717) is 40.4 Å². The third-order valence-corrected chi connectivity index (χ3v) is 7.21. The van der Waals surface area contributed by atoms with Crippen molar-refractivity contribution in [2.24, 2.45) is 7.05 Å². The van der Waals surface area contributed by atoms with E-state index in [2.05, 4.69) is 35.7 Å². The minimum atomic E-state index is -1.04. The predicted octanol–water partition coefficient (Wildman–Crippen LogP) is 4.35. The number of benzene rings is 2. The molecule has 0 unspecified atom stereocenters. The summed E-state index contributed by atoms with van der Waals surface area (Å²) in [5, 5.41) is 21.7. The molecule has 2 aromatic carbocycles. The molecule has 0 aliphatic carbocycles. The van der Waals surface area contributed by atoms with Gasteiger partial charge in [-0.25, -0.2) is 9.37 Å². The molecule has 10 nitrogen and oxygen atoms in total. The second kappa shape index (κ2) is 8.33. The monoisotopic (exact) mass is 529 g/mol. The fourth-order valence-electron chi connectivity index (χ4n) is 5.26. The number of nitrogens with zero attached hydrogens (tertiary/aromatic N) is 6. The average molecular weight is 530 g/mol. The number of hydrogen-bond acceptors (Lipinski definition) is 7.